The predicted molar refractivity (Wildman–Crippen MR) is 112 cm³/mol. The molecule has 0 bridgehead atoms. The van der Waals surface area contributed by atoms with Crippen molar-refractivity contribution in [1.82, 2.24) is 0 Å². The van der Waals surface area contributed by atoms with Crippen molar-refractivity contribution in [3.8, 4) is 5.75 Å². The van der Waals surface area contributed by atoms with Crippen LogP contribution < -0.4 is 15.0 Å². The number of nitrogens with zero attached hydrogens (tertiary/aromatic N) is 1. The Hall–Kier alpha value is -2.20. The Morgan fingerprint density at radius 3 is 2.48 bits per heavy atom. The second-order valence-corrected chi connectivity index (χ2v) is 7.44. The summed E-state index contributed by atoms with van der Waals surface area (Å²) in [6.45, 7) is 6.18. The standard InChI is InChI=1S/C22H27ClN2O2/c1-3-16(2)27-19-10-7-17(8-11-19)22(26)24-18-9-12-21(20(23)15-18)25-13-5-4-6-14-25/h7-12,15-16H,3-6,13-14H2,1-2H3,(H,24,26). The molecule has 0 spiro atoms. The van der Waals surface area contributed by atoms with Crippen LogP contribution in [0, 0.1) is 0 Å². The van der Waals surface area contributed by atoms with E-state index in [1.54, 1.807) is 12.1 Å². The summed E-state index contributed by atoms with van der Waals surface area (Å²) >= 11 is 6.47. The van der Waals surface area contributed by atoms with Gasteiger partial charge in [-0.05, 0) is 75.1 Å². The number of piperidine rings is 1. The van der Waals surface area contributed by atoms with Crippen molar-refractivity contribution >= 4 is 28.9 Å². The van der Waals surface area contributed by atoms with Crippen molar-refractivity contribution in [2.24, 2.45) is 0 Å². The minimum absolute atomic E-state index is 0.158. The molecule has 2 aromatic carbocycles. The number of hydrogen-bond donors (Lipinski definition) is 1. The van der Waals surface area contributed by atoms with E-state index in [0.717, 1.165) is 30.9 Å². The van der Waals surface area contributed by atoms with Crippen LogP contribution in [-0.2, 0) is 0 Å². The fraction of sp³-hybridized carbons (Fsp3) is 0.409. The van der Waals surface area contributed by atoms with E-state index in [9.17, 15) is 4.79 Å². The average molecular weight is 387 g/mol. The molecular weight excluding hydrogens is 360 g/mol. The minimum Gasteiger partial charge on any atom is -0.491 e. The third-order valence-electron chi connectivity index (χ3n) is 4.93. The highest BCUT2D eigenvalue weighted by Gasteiger charge is 2.15. The van der Waals surface area contributed by atoms with E-state index in [-0.39, 0.29) is 12.0 Å². The van der Waals surface area contributed by atoms with Gasteiger partial charge in [-0.15, -0.1) is 0 Å². The van der Waals surface area contributed by atoms with E-state index < -0.39 is 0 Å². The molecule has 1 heterocycles. The highest BCUT2D eigenvalue weighted by atomic mass is 35.5. The third kappa shape index (κ3) is 5.16. The number of ether oxygens (including phenoxy) is 1. The summed E-state index contributed by atoms with van der Waals surface area (Å²) in [4.78, 5) is 14.8. The number of halogens is 1. The van der Waals surface area contributed by atoms with Crippen LogP contribution in [0.2, 0.25) is 5.02 Å². The van der Waals surface area contributed by atoms with Crippen molar-refractivity contribution in [3.05, 3.63) is 53.1 Å². The Bertz CT molecular complexity index is 770. The lowest BCUT2D eigenvalue weighted by molar-refractivity contribution is 0.102. The smallest absolute Gasteiger partial charge is 0.255 e. The topological polar surface area (TPSA) is 41.6 Å². The monoisotopic (exact) mass is 386 g/mol. The molecule has 0 saturated carbocycles. The molecule has 4 nitrogen and oxygen atoms in total. The summed E-state index contributed by atoms with van der Waals surface area (Å²) in [5.74, 6) is 0.613. The van der Waals surface area contributed by atoms with Gasteiger partial charge in [0.25, 0.3) is 5.91 Å². The molecule has 27 heavy (non-hydrogen) atoms. The normalized spacial score (nSPS) is 15.3. The summed E-state index contributed by atoms with van der Waals surface area (Å²) in [6.07, 6.45) is 4.78. The van der Waals surface area contributed by atoms with Gasteiger partial charge in [0, 0.05) is 24.3 Å². The first kappa shape index (κ1) is 19.6. The largest absolute Gasteiger partial charge is 0.491 e. The van der Waals surface area contributed by atoms with Crippen LogP contribution >= 0.6 is 11.6 Å². The maximum atomic E-state index is 12.5. The Morgan fingerprint density at radius 1 is 1.15 bits per heavy atom. The molecule has 1 unspecified atom stereocenters. The van der Waals surface area contributed by atoms with Gasteiger partial charge in [-0.3, -0.25) is 4.79 Å². The number of carbonyl (C=O) groups excluding carboxylic acids is 1. The van der Waals surface area contributed by atoms with Crippen LogP contribution in [0.5, 0.6) is 5.75 Å². The van der Waals surface area contributed by atoms with E-state index >= 15 is 0 Å². The Labute approximate surface area is 166 Å². The fourth-order valence-corrected chi connectivity index (χ4v) is 3.48. The summed E-state index contributed by atoms with van der Waals surface area (Å²) in [6, 6.07) is 12.9. The predicted octanol–water partition coefficient (Wildman–Crippen LogP) is 5.76. The van der Waals surface area contributed by atoms with Crippen LogP contribution in [0.1, 0.15) is 49.9 Å². The molecule has 1 fully saturated rings. The molecule has 5 heteroatoms. The van der Waals surface area contributed by atoms with Crippen LogP contribution in [0.3, 0.4) is 0 Å². The molecule has 1 aliphatic heterocycles. The second-order valence-electron chi connectivity index (χ2n) is 7.03. The van der Waals surface area contributed by atoms with E-state index in [4.69, 9.17) is 16.3 Å². The van der Waals surface area contributed by atoms with E-state index in [2.05, 4.69) is 17.1 Å². The highest BCUT2D eigenvalue weighted by molar-refractivity contribution is 6.33. The number of anilines is 2. The number of hydrogen-bond acceptors (Lipinski definition) is 3. The molecule has 0 radical (unpaired) electrons. The Kier molecular flexibility index (Phi) is 6.62. The number of benzene rings is 2. The van der Waals surface area contributed by atoms with Crippen molar-refractivity contribution in [2.75, 3.05) is 23.3 Å². The van der Waals surface area contributed by atoms with Gasteiger partial charge in [0.1, 0.15) is 5.75 Å². The number of amides is 1. The molecular formula is C22H27ClN2O2. The SMILES string of the molecule is CCC(C)Oc1ccc(C(=O)Nc2ccc(N3CCCCC3)c(Cl)c2)cc1. The molecule has 1 amide bonds. The molecule has 144 valence electrons. The number of nitrogens with one attached hydrogen (secondary N) is 1. The molecule has 3 rings (SSSR count). The zero-order valence-electron chi connectivity index (χ0n) is 16.0. The zero-order valence-corrected chi connectivity index (χ0v) is 16.8. The Morgan fingerprint density at radius 2 is 1.85 bits per heavy atom. The Balaban J connectivity index is 1.64. The molecule has 1 aliphatic rings. The minimum atomic E-state index is -0.160. The molecule has 1 saturated heterocycles. The third-order valence-corrected chi connectivity index (χ3v) is 5.23. The summed E-state index contributed by atoms with van der Waals surface area (Å²) in [5, 5.41) is 3.59. The summed E-state index contributed by atoms with van der Waals surface area (Å²) < 4.78 is 5.75. The van der Waals surface area contributed by atoms with Gasteiger partial charge in [-0.1, -0.05) is 18.5 Å². The first-order valence-electron chi connectivity index (χ1n) is 9.69. The van der Waals surface area contributed by atoms with Gasteiger partial charge < -0.3 is 15.0 Å². The first-order chi connectivity index (χ1) is 13.1. The van der Waals surface area contributed by atoms with Gasteiger partial charge >= 0.3 is 0 Å². The lowest BCUT2D eigenvalue weighted by Gasteiger charge is -2.29. The maximum Gasteiger partial charge on any atom is 0.255 e. The van der Waals surface area contributed by atoms with E-state index in [1.165, 1.54) is 19.3 Å². The van der Waals surface area contributed by atoms with Gasteiger partial charge in [-0.25, -0.2) is 0 Å². The molecule has 0 aromatic heterocycles. The fourth-order valence-electron chi connectivity index (χ4n) is 3.18. The lowest BCUT2D eigenvalue weighted by Crippen LogP contribution is -2.29. The number of rotatable bonds is 6. The first-order valence-corrected chi connectivity index (χ1v) is 10.1. The maximum absolute atomic E-state index is 12.5. The van der Waals surface area contributed by atoms with Gasteiger partial charge in [-0.2, -0.15) is 0 Å². The molecule has 0 aliphatic carbocycles. The van der Waals surface area contributed by atoms with Crippen molar-refractivity contribution < 1.29 is 9.53 Å². The highest BCUT2D eigenvalue weighted by Crippen LogP contribution is 2.31. The molecule has 1 atom stereocenters. The summed E-state index contributed by atoms with van der Waals surface area (Å²) in [5.41, 5.74) is 2.33. The van der Waals surface area contributed by atoms with Gasteiger partial charge in [0.15, 0.2) is 0 Å². The summed E-state index contributed by atoms with van der Waals surface area (Å²) in [7, 11) is 0. The van der Waals surface area contributed by atoms with Crippen molar-refractivity contribution in [3.63, 3.8) is 0 Å². The van der Waals surface area contributed by atoms with E-state index in [1.807, 2.05) is 37.3 Å². The second kappa shape index (κ2) is 9.14. The lowest BCUT2D eigenvalue weighted by atomic mass is 10.1. The van der Waals surface area contributed by atoms with Gasteiger partial charge in [0.2, 0.25) is 0 Å². The van der Waals surface area contributed by atoms with E-state index in [0.29, 0.717) is 16.3 Å². The quantitative estimate of drug-likeness (QED) is 0.686. The van der Waals surface area contributed by atoms with Crippen LogP contribution in [0.25, 0.3) is 0 Å². The van der Waals surface area contributed by atoms with Gasteiger partial charge in [0.05, 0.1) is 16.8 Å². The van der Waals surface area contributed by atoms with Crippen LogP contribution in [0.4, 0.5) is 11.4 Å². The van der Waals surface area contributed by atoms with Crippen LogP contribution in [0.15, 0.2) is 42.5 Å². The van der Waals surface area contributed by atoms with Crippen molar-refractivity contribution in [2.45, 2.75) is 45.6 Å². The number of carbonyl (C=O) groups is 1. The average Bonchev–Trinajstić information content (AvgIpc) is 2.69. The molecule has 2 aromatic rings. The molecule has 1 N–H and O–H groups in total. The van der Waals surface area contributed by atoms with Crippen molar-refractivity contribution in [1.29, 1.82) is 0 Å². The zero-order chi connectivity index (χ0) is 19.2. The van der Waals surface area contributed by atoms with Crippen LogP contribution in [-0.4, -0.2) is 25.1 Å².